The Morgan fingerprint density at radius 2 is 2.12 bits per heavy atom. The lowest BCUT2D eigenvalue weighted by atomic mass is 9.80. The smallest absolute Gasteiger partial charge is 0.158 e. The molecule has 0 saturated carbocycles. The summed E-state index contributed by atoms with van der Waals surface area (Å²) in [5.74, 6) is 0.0356. The lowest BCUT2D eigenvalue weighted by molar-refractivity contribution is -0.107. The van der Waals surface area contributed by atoms with E-state index >= 15 is 0 Å². The molecule has 2 unspecified atom stereocenters. The number of oxime groups is 1. The Labute approximate surface area is 104 Å². The third-order valence-corrected chi connectivity index (χ3v) is 4.31. The van der Waals surface area contributed by atoms with Crippen molar-refractivity contribution < 1.29 is 14.2 Å². The highest BCUT2D eigenvalue weighted by molar-refractivity contribution is 7.84. The van der Waals surface area contributed by atoms with Crippen molar-refractivity contribution in [2.45, 2.75) is 38.5 Å². The van der Waals surface area contributed by atoms with E-state index in [2.05, 4.69) is 9.88 Å². The van der Waals surface area contributed by atoms with Crippen molar-refractivity contribution in [2.24, 2.45) is 16.3 Å². The second-order valence-corrected chi connectivity index (χ2v) is 7.60. The van der Waals surface area contributed by atoms with E-state index in [1.54, 1.807) is 0 Å². The number of nitrogens with one attached hydrogen (secondary N) is 1. The molecule has 100 valence electrons. The molecule has 0 aromatic heterocycles. The largest absolute Gasteiger partial charge is 0.409 e. The topological polar surface area (TPSA) is 96.9 Å². The molecule has 6 nitrogen and oxygen atoms in total. The fourth-order valence-electron chi connectivity index (χ4n) is 1.49. The Kier molecular flexibility index (Phi) is 4.16. The van der Waals surface area contributed by atoms with Crippen LogP contribution in [-0.2, 0) is 15.7 Å². The Morgan fingerprint density at radius 1 is 1.59 bits per heavy atom. The normalized spacial score (nSPS) is 23.9. The first-order chi connectivity index (χ1) is 7.70. The van der Waals surface area contributed by atoms with Crippen molar-refractivity contribution in [1.82, 2.24) is 4.72 Å². The van der Waals surface area contributed by atoms with Crippen molar-refractivity contribution >= 4 is 16.8 Å². The van der Waals surface area contributed by atoms with Crippen LogP contribution in [0.15, 0.2) is 5.16 Å². The standard InChI is InChI=1S/C10H21N3O3S/c1-9(2,3)17(15)13-7(8(11)12-14)10(4)5-16-6-10/h7,13-14H,5-6H2,1-4H3,(H2,11,12). The molecule has 4 N–H and O–H groups in total. The highest BCUT2D eigenvalue weighted by Crippen LogP contribution is 2.31. The summed E-state index contributed by atoms with van der Waals surface area (Å²) in [4.78, 5) is 0. The molecule has 1 fully saturated rings. The van der Waals surface area contributed by atoms with Gasteiger partial charge < -0.3 is 15.7 Å². The summed E-state index contributed by atoms with van der Waals surface area (Å²) in [5, 5.41) is 11.8. The Bertz CT molecular complexity index is 334. The average molecular weight is 263 g/mol. The summed E-state index contributed by atoms with van der Waals surface area (Å²) in [7, 11) is -1.28. The van der Waals surface area contributed by atoms with Crippen molar-refractivity contribution in [3.8, 4) is 0 Å². The molecule has 1 aliphatic rings. The molecular weight excluding hydrogens is 242 g/mol. The van der Waals surface area contributed by atoms with Crippen LogP contribution in [0.4, 0.5) is 0 Å². The number of ether oxygens (including phenoxy) is 1. The van der Waals surface area contributed by atoms with E-state index in [9.17, 15) is 4.21 Å². The number of amidine groups is 1. The third-order valence-electron chi connectivity index (χ3n) is 2.75. The van der Waals surface area contributed by atoms with Crippen LogP contribution in [0.5, 0.6) is 0 Å². The molecule has 0 aromatic rings. The van der Waals surface area contributed by atoms with Crippen LogP contribution in [-0.4, -0.2) is 39.3 Å². The number of hydrogen-bond acceptors (Lipinski definition) is 4. The summed E-state index contributed by atoms with van der Waals surface area (Å²) >= 11 is 0. The van der Waals surface area contributed by atoms with Gasteiger partial charge in [0.25, 0.3) is 0 Å². The minimum atomic E-state index is -1.28. The predicted molar refractivity (Wildman–Crippen MR) is 67.2 cm³/mol. The minimum absolute atomic E-state index is 0.0356. The molecule has 7 heteroatoms. The molecular formula is C10H21N3O3S. The third kappa shape index (κ3) is 3.17. The van der Waals surface area contributed by atoms with Gasteiger partial charge in [-0.25, -0.2) is 8.93 Å². The SMILES string of the molecule is CC1(C(NS(=O)C(C)(C)C)/C(N)=N/O)COC1. The zero-order valence-electron chi connectivity index (χ0n) is 10.7. The van der Waals surface area contributed by atoms with Gasteiger partial charge in [-0.05, 0) is 20.8 Å². The van der Waals surface area contributed by atoms with Crippen molar-refractivity contribution in [1.29, 1.82) is 0 Å². The van der Waals surface area contributed by atoms with E-state index in [-0.39, 0.29) is 11.3 Å². The van der Waals surface area contributed by atoms with Crippen LogP contribution in [0.25, 0.3) is 0 Å². The Balaban J connectivity index is 2.83. The quantitative estimate of drug-likeness (QED) is 0.292. The molecule has 1 heterocycles. The van der Waals surface area contributed by atoms with Gasteiger partial charge >= 0.3 is 0 Å². The van der Waals surface area contributed by atoms with Gasteiger partial charge in [0.05, 0.1) is 35.0 Å². The first-order valence-electron chi connectivity index (χ1n) is 5.44. The van der Waals surface area contributed by atoms with Crippen LogP contribution in [0.3, 0.4) is 0 Å². The van der Waals surface area contributed by atoms with Gasteiger partial charge in [0, 0.05) is 5.41 Å². The molecule has 0 aliphatic carbocycles. The van der Waals surface area contributed by atoms with Crippen LogP contribution >= 0.6 is 0 Å². The summed E-state index contributed by atoms with van der Waals surface area (Å²) in [6, 6.07) is -0.457. The van der Waals surface area contributed by atoms with E-state index in [0.29, 0.717) is 13.2 Å². The van der Waals surface area contributed by atoms with Crippen LogP contribution < -0.4 is 10.5 Å². The Hall–Kier alpha value is -0.660. The molecule has 1 rings (SSSR count). The van der Waals surface area contributed by atoms with Crippen LogP contribution in [0.1, 0.15) is 27.7 Å². The highest BCUT2D eigenvalue weighted by Gasteiger charge is 2.45. The second-order valence-electron chi connectivity index (χ2n) is 5.60. The van der Waals surface area contributed by atoms with Gasteiger partial charge in [-0.2, -0.15) is 0 Å². The molecule has 2 atom stereocenters. The predicted octanol–water partition coefficient (Wildman–Crippen LogP) is 0.190. The minimum Gasteiger partial charge on any atom is -0.409 e. The van der Waals surface area contributed by atoms with E-state index in [4.69, 9.17) is 15.7 Å². The van der Waals surface area contributed by atoms with Gasteiger partial charge in [-0.15, -0.1) is 0 Å². The molecule has 0 bridgehead atoms. The lowest BCUT2D eigenvalue weighted by Gasteiger charge is -2.44. The first-order valence-corrected chi connectivity index (χ1v) is 6.59. The molecule has 17 heavy (non-hydrogen) atoms. The van der Waals surface area contributed by atoms with Crippen molar-refractivity contribution in [3.05, 3.63) is 0 Å². The molecule has 0 radical (unpaired) electrons. The van der Waals surface area contributed by atoms with E-state index < -0.39 is 21.8 Å². The average Bonchev–Trinajstić information content (AvgIpc) is 2.19. The van der Waals surface area contributed by atoms with Crippen molar-refractivity contribution in [2.75, 3.05) is 13.2 Å². The monoisotopic (exact) mass is 263 g/mol. The van der Waals surface area contributed by atoms with Gasteiger partial charge in [-0.3, -0.25) is 0 Å². The van der Waals surface area contributed by atoms with Gasteiger partial charge in [0.15, 0.2) is 5.84 Å². The number of nitrogens with two attached hydrogens (primary N) is 1. The fraction of sp³-hybridized carbons (Fsp3) is 0.900. The maximum Gasteiger partial charge on any atom is 0.158 e. The number of rotatable bonds is 4. The summed E-state index contributed by atoms with van der Waals surface area (Å²) in [6.07, 6.45) is 0. The molecule has 0 amide bonds. The van der Waals surface area contributed by atoms with Crippen LogP contribution in [0.2, 0.25) is 0 Å². The first kappa shape index (κ1) is 14.4. The summed E-state index contributed by atoms with van der Waals surface area (Å²) < 4.78 is 19.7. The number of hydrogen-bond donors (Lipinski definition) is 3. The fourth-order valence-corrected chi connectivity index (χ4v) is 2.46. The van der Waals surface area contributed by atoms with Gasteiger partial charge in [0.1, 0.15) is 0 Å². The summed E-state index contributed by atoms with van der Waals surface area (Å²) in [6.45, 7) is 8.54. The maximum absolute atomic E-state index is 12.0. The van der Waals surface area contributed by atoms with E-state index in [0.717, 1.165) is 0 Å². The molecule has 1 saturated heterocycles. The maximum atomic E-state index is 12.0. The zero-order valence-corrected chi connectivity index (χ0v) is 11.5. The highest BCUT2D eigenvalue weighted by atomic mass is 32.2. The molecule has 0 spiro atoms. The lowest BCUT2D eigenvalue weighted by Crippen LogP contribution is -2.62. The van der Waals surface area contributed by atoms with Crippen LogP contribution in [0, 0.1) is 5.41 Å². The van der Waals surface area contributed by atoms with Crippen molar-refractivity contribution in [3.63, 3.8) is 0 Å². The number of nitrogens with zero attached hydrogens (tertiary/aromatic N) is 1. The van der Waals surface area contributed by atoms with Gasteiger partial charge in [0.2, 0.25) is 0 Å². The second kappa shape index (κ2) is 4.91. The molecule has 0 aromatic carbocycles. The van der Waals surface area contributed by atoms with Gasteiger partial charge in [-0.1, -0.05) is 12.1 Å². The van der Waals surface area contributed by atoms with E-state index in [1.807, 2.05) is 27.7 Å². The molecule has 1 aliphatic heterocycles. The van der Waals surface area contributed by atoms with E-state index in [1.165, 1.54) is 0 Å². The summed E-state index contributed by atoms with van der Waals surface area (Å²) in [5.41, 5.74) is 5.37. The zero-order chi connectivity index (χ0) is 13.3. The Morgan fingerprint density at radius 3 is 2.41 bits per heavy atom.